The third-order valence-electron chi connectivity index (χ3n) is 5.42. The van der Waals surface area contributed by atoms with Crippen LogP contribution in [0.4, 0.5) is 0 Å². The number of aliphatic hydroxyl groups is 1. The van der Waals surface area contributed by atoms with E-state index in [1.807, 2.05) is 6.92 Å². The summed E-state index contributed by atoms with van der Waals surface area (Å²) in [6, 6.07) is 15.7. The van der Waals surface area contributed by atoms with Gasteiger partial charge in [-0.1, -0.05) is 70.2 Å². The van der Waals surface area contributed by atoms with Gasteiger partial charge >= 0.3 is 0 Å². The van der Waals surface area contributed by atoms with Gasteiger partial charge in [-0.25, -0.2) is 0 Å². The quantitative estimate of drug-likeness (QED) is 0.689. The first-order valence-corrected chi connectivity index (χ1v) is 9.30. The molecule has 1 saturated carbocycles. The lowest BCUT2D eigenvalue weighted by Gasteiger charge is -2.17. The van der Waals surface area contributed by atoms with Gasteiger partial charge in [-0.3, -0.25) is 0 Å². The van der Waals surface area contributed by atoms with Gasteiger partial charge in [0.1, 0.15) is 0 Å². The first kappa shape index (κ1) is 17.2. The highest BCUT2D eigenvalue weighted by Crippen LogP contribution is 2.56. The summed E-state index contributed by atoms with van der Waals surface area (Å²) in [4.78, 5) is 0. The molecule has 2 aromatic carbocycles. The minimum Gasteiger partial charge on any atom is -0.389 e. The van der Waals surface area contributed by atoms with Gasteiger partial charge in [-0.2, -0.15) is 0 Å². The Hall–Kier alpha value is -1.60. The van der Waals surface area contributed by atoms with Crippen molar-refractivity contribution in [3.63, 3.8) is 0 Å². The topological polar surface area (TPSA) is 20.2 Å². The van der Waals surface area contributed by atoms with Crippen molar-refractivity contribution in [2.45, 2.75) is 70.8 Å². The van der Waals surface area contributed by atoms with Crippen molar-refractivity contribution in [2.75, 3.05) is 0 Å². The van der Waals surface area contributed by atoms with Crippen LogP contribution < -0.4 is 0 Å². The molecule has 24 heavy (non-hydrogen) atoms. The summed E-state index contributed by atoms with van der Waals surface area (Å²) in [5.74, 6) is 2.25. The predicted octanol–water partition coefficient (Wildman–Crippen LogP) is 6.26. The number of benzene rings is 2. The maximum atomic E-state index is 10.2. The van der Waals surface area contributed by atoms with Crippen LogP contribution in [0, 0.1) is 0 Å². The minimum atomic E-state index is -0.400. The Balaban J connectivity index is 1.89. The van der Waals surface area contributed by atoms with E-state index in [0.29, 0.717) is 23.7 Å². The molecule has 1 aliphatic carbocycles. The van der Waals surface area contributed by atoms with E-state index in [-0.39, 0.29) is 0 Å². The molecule has 3 unspecified atom stereocenters. The third-order valence-corrected chi connectivity index (χ3v) is 5.42. The van der Waals surface area contributed by atoms with Crippen molar-refractivity contribution in [3.8, 4) is 0 Å². The minimum absolute atomic E-state index is 0.400. The van der Waals surface area contributed by atoms with Crippen LogP contribution in [-0.2, 0) is 0 Å². The van der Waals surface area contributed by atoms with Crippen molar-refractivity contribution in [1.82, 2.24) is 0 Å². The highest BCUT2D eigenvalue weighted by Gasteiger charge is 2.41. The summed E-state index contributed by atoms with van der Waals surface area (Å²) in [5, 5.41) is 10.2. The van der Waals surface area contributed by atoms with Gasteiger partial charge in [0.05, 0.1) is 6.10 Å². The molecule has 1 fully saturated rings. The maximum Gasteiger partial charge on any atom is 0.0764 e. The summed E-state index contributed by atoms with van der Waals surface area (Å²) in [7, 11) is 0. The van der Waals surface area contributed by atoms with E-state index in [4.69, 9.17) is 0 Å². The predicted molar refractivity (Wildman–Crippen MR) is 102 cm³/mol. The van der Waals surface area contributed by atoms with Crippen LogP contribution in [0.25, 0.3) is 0 Å². The number of hydrogen-bond acceptors (Lipinski definition) is 1. The molecule has 0 bridgehead atoms. The molecule has 1 nitrogen and oxygen atoms in total. The van der Waals surface area contributed by atoms with Crippen molar-refractivity contribution >= 4 is 0 Å². The molecule has 0 radical (unpaired) electrons. The van der Waals surface area contributed by atoms with Crippen LogP contribution >= 0.6 is 0 Å². The average Bonchev–Trinajstić information content (AvgIpc) is 3.34. The molecule has 3 rings (SSSR count). The average molecular weight is 322 g/mol. The van der Waals surface area contributed by atoms with E-state index in [9.17, 15) is 5.11 Å². The molecule has 2 aromatic rings. The highest BCUT2D eigenvalue weighted by atomic mass is 16.3. The van der Waals surface area contributed by atoms with Crippen LogP contribution in [0.15, 0.2) is 42.5 Å². The van der Waals surface area contributed by atoms with Crippen LogP contribution in [-0.4, -0.2) is 5.11 Å². The molecule has 3 atom stereocenters. The lowest BCUT2D eigenvalue weighted by Crippen LogP contribution is -2.02. The number of aliphatic hydroxyl groups excluding tert-OH is 1. The molecule has 128 valence electrons. The van der Waals surface area contributed by atoms with Crippen LogP contribution in [0.3, 0.4) is 0 Å². The van der Waals surface area contributed by atoms with E-state index in [1.165, 1.54) is 28.7 Å². The Morgan fingerprint density at radius 1 is 0.792 bits per heavy atom. The van der Waals surface area contributed by atoms with E-state index >= 15 is 0 Å². The zero-order valence-electron chi connectivity index (χ0n) is 15.6. The monoisotopic (exact) mass is 322 g/mol. The Kier molecular flexibility index (Phi) is 4.83. The van der Waals surface area contributed by atoms with Gasteiger partial charge in [-0.15, -0.1) is 0 Å². The Labute approximate surface area is 146 Å². The molecule has 1 aliphatic rings. The molecule has 1 N–H and O–H groups in total. The Morgan fingerprint density at radius 3 is 2.08 bits per heavy atom. The summed E-state index contributed by atoms with van der Waals surface area (Å²) >= 11 is 0. The molecular weight excluding hydrogens is 292 g/mol. The standard InChI is InChI=1S/C23H30O/c1-14(2)18-8-6-7-9-20(18)23-13-22(23)17-10-11-19(15(3)4)21(12-17)16(5)24/h6-12,14-16,22-24H,13H2,1-5H3. The molecule has 0 aromatic heterocycles. The second-order valence-corrected chi connectivity index (χ2v) is 7.95. The molecule has 0 aliphatic heterocycles. The van der Waals surface area contributed by atoms with Gasteiger partial charge in [0, 0.05) is 0 Å². The maximum absolute atomic E-state index is 10.2. The molecule has 0 saturated heterocycles. The molecule has 0 amide bonds. The van der Waals surface area contributed by atoms with Crippen molar-refractivity contribution in [3.05, 3.63) is 70.3 Å². The normalized spacial score (nSPS) is 21.3. The van der Waals surface area contributed by atoms with Crippen LogP contribution in [0.1, 0.15) is 98.6 Å². The molecular formula is C23H30O. The molecule has 0 heterocycles. The van der Waals surface area contributed by atoms with Gasteiger partial charge in [0.15, 0.2) is 0 Å². The van der Waals surface area contributed by atoms with Crippen molar-refractivity contribution in [2.24, 2.45) is 0 Å². The fourth-order valence-corrected chi connectivity index (χ4v) is 3.99. The highest BCUT2D eigenvalue weighted by molar-refractivity contribution is 5.45. The summed E-state index contributed by atoms with van der Waals surface area (Å²) in [6.07, 6.45) is 0.826. The van der Waals surface area contributed by atoms with E-state index in [0.717, 1.165) is 5.56 Å². The Morgan fingerprint density at radius 2 is 1.46 bits per heavy atom. The number of hydrogen-bond donors (Lipinski definition) is 1. The second-order valence-electron chi connectivity index (χ2n) is 7.95. The third kappa shape index (κ3) is 3.28. The van der Waals surface area contributed by atoms with Crippen LogP contribution in [0.2, 0.25) is 0 Å². The lowest BCUT2D eigenvalue weighted by atomic mass is 9.90. The van der Waals surface area contributed by atoms with E-state index in [2.05, 4.69) is 70.2 Å². The smallest absolute Gasteiger partial charge is 0.0764 e. The van der Waals surface area contributed by atoms with Crippen LogP contribution in [0.5, 0.6) is 0 Å². The molecule has 0 spiro atoms. The first-order valence-electron chi connectivity index (χ1n) is 9.30. The van der Waals surface area contributed by atoms with Crippen molar-refractivity contribution in [1.29, 1.82) is 0 Å². The van der Waals surface area contributed by atoms with Gasteiger partial charge < -0.3 is 5.11 Å². The zero-order valence-corrected chi connectivity index (χ0v) is 15.6. The summed E-state index contributed by atoms with van der Waals surface area (Å²) in [6.45, 7) is 10.8. The summed E-state index contributed by atoms with van der Waals surface area (Å²) < 4.78 is 0. The fraction of sp³-hybridized carbons (Fsp3) is 0.478. The van der Waals surface area contributed by atoms with E-state index < -0.39 is 6.10 Å². The SMILES string of the molecule is CC(C)c1ccc(C2CC2c2ccccc2C(C)C)cc1C(C)O. The second kappa shape index (κ2) is 6.72. The van der Waals surface area contributed by atoms with Gasteiger partial charge in [-0.05, 0) is 64.8 Å². The Bertz CT molecular complexity index is 712. The fourth-order valence-electron chi connectivity index (χ4n) is 3.99. The largest absolute Gasteiger partial charge is 0.389 e. The van der Waals surface area contributed by atoms with Gasteiger partial charge in [0.2, 0.25) is 0 Å². The number of rotatable bonds is 5. The zero-order chi connectivity index (χ0) is 17.4. The lowest BCUT2D eigenvalue weighted by molar-refractivity contribution is 0.197. The van der Waals surface area contributed by atoms with Crippen molar-refractivity contribution < 1.29 is 5.11 Å². The summed E-state index contributed by atoms with van der Waals surface area (Å²) in [5.41, 5.74) is 6.77. The molecule has 1 heteroatoms. The van der Waals surface area contributed by atoms with E-state index in [1.54, 1.807) is 0 Å². The first-order chi connectivity index (χ1) is 11.4. The van der Waals surface area contributed by atoms with Gasteiger partial charge in [0.25, 0.3) is 0 Å².